The normalized spacial score (nSPS) is 18.9. The first-order valence-electron chi connectivity index (χ1n) is 25.1. The summed E-state index contributed by atoms with van der Waals surface area (Å²) in [6.07, 6.45) is -4.26. The van der Waals surface area contributed by atoms with Crippen molar-refractivity contribution in [3.8, 4) is 0 Å². The Bertz CT molecular complexity index is 3840. The summed E-state index contributed by atoms with van der Waals surface area (Å²) in [6, 6.07) is 56.1. The van der Waals surface area contributed by atoms with Gasteiger partial charge in [-0.1, -0.05) is 157 Å². The van der Waals surface area contributed by atoms with E-state index in [9.17, 15) is 4.79 Å². The number of imide groups is 1. The molecule has 12 rings (SSSR count). The monoisotopic (exact) mass is 1030 g/mol. The Morgan fingerprint density at radius 2 is 1.12 bits per heavy atom. The van der Waals surface area contributed by atoms with Gasteiger partial charge in [0.05, 0.1) is 65.6 Å². The largest absolute Gasteiger partial charge is 0.374 e. The van der Waals surface area contributed by atoms with Gasteiger partial charge in [0, 0.05) is 27.7 Å². The molecule has 5 atom stereocenters. The topological polar surface area (TPSA) is 161 Å². The zero-order valence-electron chi connectivity index (χ0n) is 41.4. The fourth-order valence-corrected chi connectivity index (χ4v) is 11.6. The average Bonchev–Trinajstić information content (AvgIpc) is 4.30. The Kier molecular flexibility index (Phi) is 13.6. The average molecular weight is 1030 g/mol. The molecule has 382 valence electrons. The van der Waals surface area contributed by atoms with Crippen molar-refractivity contribution in [1.82, 2.24) is 19.4 Å². The molecule has 1 saturated heterocycles. The van der Waals surface area contributed by atoms with E-state index in [0.717, 1.165) is 32.7 Å². The number of nitrogens with one attached hydrogen (secondary N) is 1. The van der Waals surface area contributed by atoms with Crippen LogP contribution in [0, 0.1) is 6.92 Å². The van der Waals surface area contributed by atoms with Crippen LogP contribution < -0.4 is 0 Å². The minimum Gasteiger partial charge on any atom is -0.374 e. The fourth-order valence-electron chi connectivity index (χ4n) is 10.5. The number of rotatable bonds is 18. The minimum absolute atomic E-state index is 0.0172. The number of hydrogen-bond acceptors (Lipinski definition) is 11. The molecule has 0 bridgehead atoms. The molecule has 10 aromatic rings. The molecule has 7 aromatic carbocycles. The Labute approximate surface area is 438 Å². The van der Waals surface area contributed by atoms with Gasteiger partial charge < -0.3 is 33.2 Å². The number of aryl methyl sites for hydroxylation is 1. The van der Waals surface area contributed by atoms with Crippen LogP contribution in [0.2, 0.25) is 0 Å². The first-order valence-corrected chi connectivity index (χ1v) is 26.5. The molecule has 2 aliphatic rings. The van der Waals surface area contributed by atoms with E-state index in [1.54, 1.807) is 24.4 Å². The molecule has 3 aromatic heterocycles. The van der Waals surface area contributed by atoms with Gasteiger partial charge in [0.2, 0.25) is 0 Å². The van der Waals surface area contributed by atoms with Crippen LogP contribution >= 0.6 is 0 Å². The van der Waals surface area contributed by atoms with Crippen LogP contribution in [-0.2, 0) is 64.4 Å². The molecule has 2 amide bonds. The van der Waals surface area contributed by atoms with Gasteiger partial charge in [0.1, 0.15) is 30.7 Å². The van der Waals surface area contributed by atoms with Gasteiger partial charge in [-0.25, -0.2) is 9.88 Å². The number of benzene rings is 7. The number of nitrogens with zero attached hydrogens (tertiary/aromatic N) is 3. The number of hydrogen-bond donors (Lipinski definition) is 1. The van der Waals surface area contributed by atoms with Crippen molar-refractivity contribution in [3.63, 3.8) is 0 Å². The van der Waals surface area contributed by atoms with E-state index in [1.165, 1.54) is 12.1 Å². The van der Waals surface area contributed by atoms with E-state index in [1.807, 2.05) is 163 Å². The van der Waals surface area contributed by atoms with Gasteiger partial charge in [0.15, 0.2) is 12.3 Å². The fraction of sp³-hybridized carbons (Fsp3) is 0.197. The van der Waals surface area contributed by atoms with Crippen LogP contribution in [0.1, 0.15) is 54.8 Å². The standard InChI is InChI=1S/C61H52N4O10S/c1-39-28-30-44(31-29-39)76(68,69)75-57-56(73-36-43-23-12-5-13-24-43)55(72-35-42-21-10-4-11-22-42)48(37-70-33-40-17-6-2-7-18-40)74-61(57)65-47-27-15-14-25-45(47)50-52-51(49-46-26-16-32-62-58(46)63-53(49)54(50)65)59(66)64(60(52)67)38-71-34-41-19-8-3-9-20-41/h2-32,48,55-57,61H,33-38H2,1H3,(H,62,63)/t48-,55-,56+,57-,61+/m1/s1. The van der Waals surface area contributed by atoms with E-state index in [0.29, 0.717) is 43.7 Å². The van der Waals surface area contributed by atoms with Crippen LogP contribution in [-0.4, -0.2) is 77.4 Å². The lowest BCUT2D eigenvalue weighted by atomic mass is 9.96. The zero-order chi connectivity index (χ0) is 51.8. The maximum absolute atomic E-state index is 15.2. The highest BCUT2D eigenvalue weighted by Gasteiger charge is 2.53. The molecule has 15 heteroatoms. The number of aromatic amines is 1. The molecule has 0 saturated carbocycles. The third-order valence-corrected chi connectivity index (χ3v) is 15.4. The number of carbonyl (C=O) groups excluding carboxylic acids is 2. The molecular weight excluding hydrogens is 981 g/mol. The maximum atomic E-state index is 15.2. The molecule has 14 nitrogen and oxygen atoms in total. The Morgan fingerprint density at radius 1 is 0.579 bits per heavy atom. The quantitative estimate of drug-likeness (QED) is 0.0643. The molecular formula is C61H52N4O10S. The molecule has 0 aliphatic carbocycles. The van der Waals surface area contributed by atoms with E-state index in [4.69, 9.17) is 32.9 Å². The zero-order valence-corrected chi connectivity index (χ0v) is 42.2. The van der Waals surface area contributed by atoms with Crippen molar-refractivity contribution in [3.05, 3.63) is 227 Å². The summed E-state index contributed by atoms with van der Waals surface area (Å²) in [5.41, 5.74) is 6.66. The molecule has 0 radical (unpaired) electrons. The third-order valence-electron chi connectivity index (χ3n) is 14.1. The van der Waals surface area contributed by atoms with Gasteiger partial charge in [-0.3, -0.25) is 13.8 Å². The van der Waals surface area contributed by atoms with Crippen LogP contribution in [0.25, 0.3) is 43.7 Å². The highest BCUT2D eigenvalue weighted by atomic mass is 32.2. The van der Waals surface area contributed by atoms with Gasteiger partial charge >= 0.3 is 0 Å². The Morgan fingerprint density at radius 3 is 1.75 bits per heavy atom. The summed E-state index contributed by atoms with van der Waals surface area (Å²) >= 11 is 0. The molecule has 0 spiro atoms. The van der Waals surface area contributed by atoms with Crippen molar-refractivity contribution in [2.75, 3.05) is 13.3 Å². The second kappa shape index (κ2) is 21.0. The first kappa shape index (κ1) is 49.0. The summed E-state index contributed by atoms with van der Waals surface area (Å²) in [4.78, 5) is 39.5. The molecule has 5 heterocycles. The molecule has 1 N–H and O–H groups in total. The van der Waals surface area contributed by atoms with Crippen molar-refractivity contribution in [2.45, 2.75) is 68.9 Å². The molecule has 1 fully saturated rings. The van der Waals surface area contributed by atoms with E-state index in [2.05, 4.69) is 4.98 Å². The SMILES string of the molecule is Cc1ccc(S(=O)(=O)O[C@@H]2[C@@H](OCc3ccccc3)[C@H](OCc3ccccc3)[C@@H](COCc3ccccc3)O[C@@H]2n2c3ccccc3c3c4c(c5c6cccnc6[nH]c5c32)C(=O)N(COCc2ccccc2)C4=O)cc1. The summed E-state index contributed by atoms with van der Waals surface area (Å²) in [7, 11) is -4.61. The number of pyridine rings is 1. The lowest BCUT2D eigenvalue weighted by Gasteiger charge is -2.46. The van der Waals surface area contributed by atoms with Gasteiger partial charge in [-0.2, -0.15) is 8.42 Å². The maximum Gasteiger partial charge on any atom is 0.297 e. The van der Waals surface area contributed by atoms with Crippen LogP contribution in [0.15, 0.2) is 193 Å². The number of fused-ring (bicyclic) bond motifs is 10. The van der Waals surface area contributed by atoms with Gasteiger partial charge in [-0.05, 0) is 59.5 Å². The van der Waals surface area contributed by atoms with Crippen molar-refractivity contribution in [1.29, 1.82) is 0 Å². The van der Waals surface area contributed by atoms with E-state index < -0.39 is 52.6 Å². The number of H-pyrrole nitrogens is 1. The summed E-state index contributed by atoms with van der Waals surface area (Å²) in [5.74, 6) is -1.07. The first-order chi connectivity index (χ1) is 37.2. The van der Waals surface area contributed by atoms with Gasteiger partial charge in [0.25, 0.3) is 21.9 Å². The second-order valence-electron chi connectivity index (χ2n) is 19.1. The summed E-state index contributed by atoms with van der Waals surface area (Å²) in [6.45, 7) is 2.11. The molecule has 0 unspecified atom stereocenters. The number of para-hydroxylation sites is 1. The number of aromatic nitrogens is 3. The highest BCUT2D eigenvalue weighted by Crippen LogP contribution is 2.48. The van der Waals surface area contributed by atoms with Gasteiger partial charge in [-0.15, -0.1) is 0 Å². The van der Waals surface area contributed by atoms with Crippen molar-refractivity contribution >= 4 is 65.7 Å². The number of carbonyl (C=O) groups is 2. The predicted molar refractivity (Wildman–Crippen MR) is 286 cm³/mol. The lowest BCUT2D eigenvalue weighted by molar-refractivity contribution is -0.271. The third kappa shape index (κ3) is 9.36. The van der Waals surface area contributed by atoms with Crippen LogP contribution in [0.4, 0.5) is 0 Å². The highest BCUT2D eigenvalue weighted by molar-refractivity contribution is 7.86. The number of ether oxygens (including phenoxy) is 5. The molecule has 76 heavy (non-hydrogen) atoms. The summed E-state index contributed by atoms with van der Waals surface area (Å²) in [5, 5.41) is 2.10. The van der Waals surface area contributed by atoms with E-state index >= 15 is 13.2 Å². The smallest absolute Gasteiger partial charge is 0.297 e. The predicted octanol–water partition coefficient (Wildman–Crippen LogP) is 11.0. The van der Waals surface area contributed by atoms with Crippen LogP contribution in [0.3, 0.4) is 0 Å². The Balaban J connectivity index is 1.08. The Hall–Kier alpha value is -7.86. The van der Waals surface area contributed by atoms with Crippen molar-refractivity contribution < 1.29 is 45.9 Å². The van der Waals surface area contributed by atoms with E-state index in [-0.39, 0.29) is 55.8 Å². The lowest BCUT2D eigenvalue weighted by Crippen LogP contribution is -2.59. The minimum atomic E-state index is -4.61. The second-order valence-corrected chi connectivity index (χ2v) is 20.6. The van der Waals surface area contributed by atoms with Crippen LogP contribution in [0.5, 0.6) is 0 Å². The van der Waals surface area contributed by atoms with Crippen molar-refractivity contribution in [2.24, 2.45) is 0 Å². The summed E-state index contributed by atoms with van der Waals surface area (Å²) < 4.78 is 72.6. The number of amides is 2. The molecule has 2 aliphatic heterocycles.